The van der Waals surface area contributed by atoms with E-state index in [1.165, 1.54) is 0 Å². The number of hydrogen-bond acceptors (Lipinski definition) is 3. The summed E-state index contributed by atoms with van der Waals surface area (Å²) in [6.45, 7) is 7.49. The highest BCUT2D eigenvalue weighted by atomic mass is 16.5. The van der Waals surface area contributed by atoms with Gasteiger partial charge in [-0.05, 0) is 39.3 Å². The Labute approximate surface area is 111 Å². The first kappa shape index (κ1) is 15.2. The zero-order chi connectivity index (χ0) is 13.6. The largest absolute Gasteiger partial charge is 0.379 e. The number of aromatic nitrogens is 2. The molecule has 0 aromatic carbocycles. The summed E-state index contributed by atoms with van der Waals surface area (Å²) in [6.07, 6.45) is 5.08. The van der Waals surface area contributed by atoms with Crippen molar-refractivity contribution in [1.29, 1.82) is 0 Å². The van der Waals surface area contributed by atoms with Crippen molar-refractivity contribution >= 4 is 0 Å². The molecule has 1 N–H and O–H groups in total. The van der Waals surface area contributed by atoms with Crippen LogP contribution in [0.25, 0.3) is 0 Å². The molecule has 0 aliphatic heterocycles. The third-order valence-corrected chi connectivity index (χ3v) is 3.20. The molecule has 104 valence electrons. The summed E-state index contributed by atoms with van der Waals surface area (Å²) in [7, 11) is 3.73. The topological polar surface area (TPSA) is 39.1 Å². The molecule has 0 amide bonds. The lowest BCUT2D eigenvalue weighted by Crippen LogP contribution is -2.39. The number of nitrogens with one attached hydrogen (secondary N) is 1. The second kappa shape index (κ2) is 6.90. The average molecular weight is 253 g/mol. The van der Waals surface area contributed by atoms with Crippen LogP contribution in [-0.4, -0.2) is 35.1 Å². The van der Waals surface area contributed by atoms with E-state index in [0.29, 0.717) is 6.04 Å². The Morgan fingerprint density at radius 3 is 2.72 bits per heavy atom. The van der Waals surface area contributed by atoms with Crippen molar-refractivity contribution in [2.45, 2.75) is 51.7 Å². The quantitative estimate of drug-likeness (QED) is 0.771. The van der Waals surface area contributed by atoms with Crippen LogP contribution in [0, 0.1) is 0 Å². The third-order valence-electron chi connectivity index (χ3n) is 3.20. The predicted molar refractivity (Wildman–Crippen MR) is 74.7 cm³/mol. The number of rotatable bonds is 8. The SMILES string of the molecule is CCCNC(Cc1ccn(C)n1)CC(C)(C)OC. The highest BCUT2D eigenvalue weighted by Crippen LogP contribution is 2.17. The van der Waals surface area contributed by atoms with E-state index in [-0.39, 0.29) is 5.60 Å². The first-order valence-corrected chi connectivity index (χ1v) is 6.74. The minimum Gasteiger partial charge on any atom is -0.379 e. The van der Waals surface area contributed by atoms with Crippen LogP contribution in [0.1, 0.15) is 39.3 Å². The number of ether oxygens (including phenoxy) is 1. The molecule has 18 heavy (non-hydrogen) atoms. The van der Waals surface area contributed by atoms with Gasteiger partial charge in [-0.25, -0.2) is 0 Å². The summed E-state index contributed by atoms with van der Waals surface area (Å²) in [5, 5.41) is 8.04. The van der Waals surface area contributed by atoms with Crippen molar-refractivity contribution < 1.29 is 4.74 Å². The first-order chi connectivity index (χ1) is 8.46. The van der Waals surface area contributed by atoms with E-state index in [2.05, 4.69) is 37.3 Å². The second-order valence-electron chi connectivity index (χ2n) is 5.50. The molecule has 1 heterocycles. The molecule has 0 aliphatic carbocycles. The highest BCUT2D eigenvalue weighted by molar-refractivity contribution is 5.02. The minimum absolute atomic E-state index is 0.0970. The van der Waals surface area contributed by atoms with E-state index in [0.717, 1.165) is 31.5 Å². The Balaban J connectivity index is 2.60. The van der Waals surface area contributed by atoms with Gasteiger partial charge < -0.3 is 10.1 Å². The lowest BCUT2D eigenvalue weighted by atomic mass is 9.95. The number of nitrogens with zero attached hydrogens (tertiary/aromatic N) is 2. The lowest BCUT2D eigenvalue weighted by Gasteiger charge is -2.29. The summed E-state index contributed by atoms with van der Waals surface area (Å²) in [4.78, 5) is 0. The van der Waals surface area contributed by atoms with Crippen LogP contribution in [0.4, 0.5) is 0 Å². The summed E-state index contributed by atoms with van der Waals surface area (Å²) < 4.78 is 7.38. The molecule has 0 spiro atoms. The van der Waals surface area contributed by atoms with E-state index in [1.807, 2.05) is 17.9 Å². The summed E-state index contributed by atoms with van der Waals surface area (Å²) in [5.74, 6) is 0. The van der Waals surface area contributed by atoms with Crippen LogP contribution in [0.15, 0.2) is 12.3 Å². The van der Waals surface area contributed by atoms with Gasteiger partial charge in [-0.3, -0.25) is 4.68 Å². The van der Waals surface area contributed by atoms with E-state index >= 15 is 0 Å². The van der Waals surface area contributed by atoms with Gasteiger partial charge in [-0.2, -0.15) is 5.10 Å². The van der Waals surface area contributed by atoms with Crippen molar-refractivity contribution in [2.24, 2.45) is 7.05 Å². The van der Waals surface area contributed by atoms with Crippen LogP contribution >= 0.6 is 0 Å². The molecular formula is C14H27N3O. The maximum absolute atomic E-state index is 5.53. The Bertz CT molecular complexity index is 347. The summed E-state index contributed by atoms with van der Waals surface area (Å²) in [6, 6.07) is 2.50. The summed E-state index contributed by atoms with van der Waals surface area (Å²) >= 11 is 0. The summed E-state index contributed by atoms with van der Waals surface area (Å²) in [5.41, 5.74) is 1.04. The molecule has 0 fully saturated rings. The Kier molecular flexibility index (Phi) is 5.82. The van der Waals surface area contributed by atoms with Crippen LogP contribution in [0.3, 0.4) is 0 Å². The molecule has 0 aliphatic rings. The first-order valence-electron chi connectivity index (χ1n) is 6.74. The molecule has 1 aromatic heterocycles. The van der Waals surface area contributed by atoms with E-state index in [4.69, 9.17) is 4.74 Å². The van der Waals surface area contributed by atoms with Gasteiger partial charge in [0.1, 0.15) is 0 Å². The van der Waals surface area contributed by atoms with Gasteiger partial charge in [0.2, 0.25) is 0 Å². The molecule has 1 rings (SSSR count). The monoisotopic (exact) mass is 253 g/mol. The lowest BCUT2D eigenvalue weighted by molar-refractivity contribution is 0.00707. The predicted octanol–water partition coefficient (Wildman–Crippen LogP) is 2.15. The molecular weight excluding hydrogens is 226 g/mol. The van der Waals surface area contributed by atoms with Gasteiger partial charge in [-0.1, -0.05) is 6.92 Å². The van der Waals surface area contributed by atoms with Crippen molar-refractivity contribution in [2.75, 3.05) is 13.7 Å². The molecule has 1 atom stereocenters. The van der Waals surface area contributed by atoms with E-state index in [9.17, 15) is 0 Å². The van der Waals surface area contributed by atoms with Crippen LogP contribution in [-0.2, 0) is 18.2 Å². The average Bonchev–Trinajstić information content (AvgIpc) is 2.71. The molecule has 4 nitrogen and oxygen atoms in total. The number of aryl methyl sites for hydroxylation is 1. The zero-order valence-electron chi connectivity index (χ0n) is 12.4. The fraction of sp³-hybridized carbons (Fsp3) is 0.786. The highest BCUT2D eigenvalue weighted by Gasteiger charge is 2.23. The molecule has 0 saturated heterocycles. The van der Waals surface area contributed by atoms with Gasteiger partial charge >= 0.3 is 0 Å². The minimum atomic E-state index is -0.0970. The maximum Gasteiger partial charge on any atom is 0.0640 e. The number of hydrogen-bond donors (Lipinski definition) is 1. The van der Waals surface area contributed by atoms with Crippen LogP contribution in [0.2, 0.25) is 0 Å². The van der Waals surface area contributed by atoms with Gasteiger partial charge in [-0.15, -0.1) is 0 Å². The van der Waals surface area contributed by atoms with E-state index < -0.39 is 0 Å². The van der Waals surface area contributed by atoms with E-state index in [1.54, 1.807) is 7.11 Å². The zero-order valence-corrected chi connectivity index (χ0v) is 12.4. The normalized spacial score (nSPS) is 13.8. The van der Waals surface area contributed by atoms with Crippen molar-refractivity contribution in [3.8, 4) is 0 Å². The smallest absolute Gasteiger partial charge is 0.0640 e. The Morgan fingerprint density at radius 1 is 1.50 bits per heavy atom. The van der Waals surface area contributed by atoms with Crippen molar-refractivity contribution in [3.05, 3.63) is 18.0 Å². The maximum atomic E-state index is 5.53. The van der Waals surface area contributed by atoms with Gasteiger partial charge in [0.05, 0.1) is 11.3 Å². The van der Waals surface area contributed by atoms with Gasteiger partial charge in [0.15, 0.2) is 0 Å². The fourth-order valence-corrected chi connectivity index (χ4v) is 2.07. The van der Waals surface area contributed by atoms with Crippen LogP contribution < -0.4 is 5.32 Å². The molecule has 0 saturated carbocycles. The van der Waals surface area contributed by atoms with Crippen molar-refractivity contribution in [1.82, 2.24) is 15.1 Å². The van der Waals surface area contributed by atoms with Gasteiger partial charge in [0, 0.05) is 32.8 Å². The molecule has 0 radical (unpaired) electrons. The van der Waals surface area contributed by atoms with Crippen molar-refractivity contribution in [3.63, 3.8) is 0 Å². The Hall–Kier alpha value is -0.870. The van der Waals surface area contributed by atoms with Crippen LogP contribution in [0.5, 0.6) is 0 Å². The molecule has 4 heteroatoms. The molecule has 1 unspecified atom stereocenters. The van der Waals surface area contributed by atoms with Gasteiger partial charge in [0.25, 0.3) is 0 Å². The third kappa shape index (κ3) is 5.19. The second-order valence-corrected chi connectivity index (χ2v) is 5.50. The number of methoxy groups -OCH3 is 1. The standard InChI is InChI=1S/C14H27N3O/c1-6-8-15-13(11-14(2,3)18-5)10-12-7-9-17(4)16-12/h7,9,13,15H,6,8,10-11H2,1-5H3. The fourth-order valence-electron chi connectivity index (χ4n) is 2.07. The molecule has 1 aromatic rings. The Morgan fingerprint density at radius 2 is 2.22 bits per heavy atom. The molecule has 0 bridgehead atoms.